The van der Waals surface area contributed by atoms with E-state index >= 15 is 0 Å². The Bertz CT molecular complexity index is 356. The first-order valence-corrected chi connectivity index (χ1v) is 12.1. The van der Waals surface area contributed by atoms with Gasteiger partial charge in [0.05, 0.1) is 12.0 Å². The van der Waals surface area contributed by atoms with Crippen molar-refractivity contribution in [1.29, 1.82) is 0 Å². The van der Waals surface area contributed by atoms with E-state index in [4.69, 9.17) is 4.74 Å². The maximum Gasteiger partial charge on any atom is 0.313 e. The first-order valence-electron chi connectivity index (χ1n) is 12.1. The predicted octanol–water partition coefficient (Wildman–Crippen LogP) is 6.95. The number of carbonyl (C=O) groups excluding carboxylic acids is 1. The second-order valence-corrected chi connectivity index (χ2v) is 8.64. The molecule has 0 spiro atoms. The SMILES string of the molecule is CCCCCCCCCCC[C@@H](O)C[C@@H]1OC(=O)[C@H]1CCCCCCCC. The summed E-state index contributed by atoms with van der Waals surface area (Å²) in [5.41, 5.74) is 0. The smallest absolute Gasteiger partial charge is 0.313 e. The molecule has 1 rings (SSSR count). The summed E-state index contributed by atoms with van der Waals surface area (Å²) in [5.74, 6) is 0.0118. The molecule has 1 saturated heterocycles. The lowest BCUT2D eigenvalue weighted by Crippen LogP contribution is -2.46. The minimum atomic E-state index is -0.306. The number of ether oxygens (including phenoxy) is 1. The summed E-state index contributed by atoms with van der Waals surface area (Å²) in [4.78, 5) is 11.7. The molecule has 0 aromatic rings. The number of cyclic esters (lactones) is 1. The first kappa shape index (κ1) is 24.5. The fourth-order valence-electron chi connectivity index (χ4n) is 4.14. The van der Waals surface area contributed by atoms with Crippen LogP contribution in [0.5, 0.6) is 0 Å². The van der Waals surface area contributed by atoms with E-state index in [1.807, 2.05) is 0 Å². The lowest BCUT2D eigenvalue weighted by Gasteiger charge is -2.36. The molecule has 0 saturated carbocycles. The van der Waals surface area contributed by atoms with Crippen LogP contribution in [-0.4, -0.2) is 23.3 Å². The summed E-state index contributed by atoms with van der Waals surface area (Å²) in [7, 11) is 0. The number of hydrogen-bond acceptors (Lipinski definition) is 3. The lowest BCUT2D eigenvalue weighted by atomic mass is 9.86. The summed E-state index contributed by atoms with van der Waals surface area (Å²) >= 11 is 0. The molecule has 1 aliphatic rings. The lowest BCUT2D eigenvalue weighted by molar-refractivity contribution is -0.188. The van der Waals surface area contributed by atoms with Gasteiger partial charge < -0.3 is 9.84 Å². The van der Waals surface area contributed by atoms with E-state index in [9.17, 15) is 9.90 Å². The van der Waals surface area contributed by atoms with Gasteiger partial charge in [-0.2, -0.15) is 0 Å². The molecule has 0 unspecified atom stereocenters. The minimum Gasteiger partial charge on any atom is -0.461 e. The summed E-state index contributed by atoms with van der Waals surface area (Å²) in [6, 6.07) is 0. The largest absolute Gasteiger partial charge is 0.461 e. The Balaban J connectivity index is 1.98. The van der Waals surface area contributed by atoms with Gasteiger partial charge in [0.15, 0.2) is 0 Å². The van der Waals surface area contributed by atoms with Crippen molar-refractivity contribution in [2.75, 3.05) is 0 Å². The number of rotatable bonds is 19. The molecular formula is C24H46O3. The molecule has 1 N–H and O–H groups in total. The van der Waals surface area contributed by atoms with Crippen LogP contribution in [0, 0.1) is 5.92 Å². The normalized spacial score (nSPS) is 20.3. The number of unbranched alkanes of at least 4 members (excludes halogenated alkanes) is 13. The van der Waals surface area contributed by atoms with E-state index in [2.05, 4.69) is 13.8 Å². The molecule has 1 fully saturated rings. The van der Waals surface area contributed by atoms with Crippen LogP contribution in [0.3, 0.4) is 0 Å². The predicted molar refractivity (Wildman–Crippen MR) is 114 cm³/mol. The average molecular weight is 383 g/mol. The number of esters is 1. The zero-order valence-electron chi connectivity index (χ0n) is 18.2. The Morgan fingerprint density at radius 2 is 1.26 bits per heavy atom. The third-order valence-electron chi connectivity index (χ3n) is 6.03. The Kier molecular flexibility index (Phi) is 14.9. The van der Waals surface area contributed by atoms with Crippen LogP contribution in [-0.2, 0) is 9.53 Å². The third-order valence-corrected chi connectivity index (χ3v) is 6.03. The van der Waals surface area contributed by atoms with Crippen LogP contribution in [0.15, 0.2) is 0 Å². The number of carbonyl (C=O) groups is 1. The highest BCUT2D eigenvalue weighted by Gasteiger charge is 2.42. The second-order valence-electron chi connectivity index (χ2n) is 8.64. The monoisotopic (exact) mass is 382 g/mol. The van der Waals surface area contributed by atoms with Crippen LogP contribution in [0.1, 0.15) is 129 Å². The molecule has 0 aromatic heterocycles. The molecule has 0 aromatic carbocycles. The molecule has 1 heterocycles. The highest BCUT2D eigenvalue weighted by molar-refractivity contribution is 5.78. The number of hydrogen-bond donors (Lipinski definition) is 1. The molecule has 160 valence electrons. The van der Waals surface area contributed by atoms with E-state index in [-0.39, 0.29) is 24.1 Å². The maximum atomic E-state index is 11.7. The number of aliphatic hydroxyl groups excluding tert-OH is 1. The van der Waals surface area contributed by atoms with Gasteiger partial charge in [-0.3, -0.25) is 4.79 Å². The Morgan fingerprint density at radius 3 is 1.78 bits per heavy atom. The van der Waals surface area contributed by atoms with E-state index in [0.717, 1.165) is 25.7 Å². The van der Waals surface area contributed by atoms with Crippen LogP contribution >= 0.6 is 0 Å². The van der Waals surface area contributed by atoms with Gasteiger partial charge in [-0.25, -0.2) is 0 Å². The first-order chi connectivity index (χ1) is 13.2. The second kappa shape index (κ2) is 16.4. The van der Waals surface area contributed by atoms with E-state index in [1.54, 1.807) is 0 Å². The summed E-state index contributed by atoms with van der Waals surface area (Å²) in [6.45, 7) is 4.49. The van der Waals surface area contributed by atoms with Crippen LogP contribution in [0.25, 0.3) is 0 Å². The third kappa shape index (κ3) is 11.8. The summed E-state index contributed by atoms with van der Waals surface area (Å²) < 4.78 is 5.31. The van der Waals surface area contributed by atoms with Gasteiger partial charge in [-0.15, -0.1) is 0 Å². The van der Waals surface area contributed by atoms with E-state index in [1.165, 1.54) is 83.5 Å². The van der Waals surface area contributed by atoms with E-state index < -0.39 is 0 Å². The maximum absolute atomic E-state index is 11.7. The van der Waals surface area contributed by atoms with Crippen molar-refractivity contribution in [3.05, 3.63) is 0 Å². The molecular weight excluding hydrogens is 336 g/mol. The zero-order valence-corrected chi connectivity index (χ0v) is 18.2. The highest BCUT2D eigenvalue weighted by Crippen LogP contribution is 2.31. The van der Waals surface area contributed by atoms with Gasteiger partial charge in [0.25, 0.3) is 0 Å². The number of aliphatic hydroxyl groups is 1. The molecule has 3 heteroatoms. The van der Waals surface area contributed by atoms with Crippen molar-refractivity contribution in [3.63, 3.8) is 0 Å². The fraction of sp³-hybridized carbons (Fsp3) is 0.958. The van der Waals surface area contributed by atoms with Crippen molar-refractivity contribution < 1.29 is 14.6 Å². The van der Waals surface area contributed by atoms with Gasteiger partial charge in [-0.05, 0) is 12.8 Å². The average Bonchev–Trinajstić information content (AvgIpc) is 2.65. The van der Waals surface area contributed by atoms with Crippen molar-refractivity contribution in [3.8, 4) is 0 Å². The van der Waals surface area contributed by atoms with Crippen molar-refractivity contribution in [2.24, 2.45) is 5.92 Å². The van der Waals surface area contributed by atoms with Crippen molar-refractivity contribution in [2.45, 2.75) is 142 Å². The van der Waals surface area contributed by atoms with Crippen LogP contribution in [0.2, 0.25) is 0 Å². The molecule has 0 bridgehead atoms. The molecule has 3 atom stereocenters. The van der Waals surface area contributed by atoms with Crippen LogP contribution < -0.4 is 0 Å². The highest BCUT2D eigenvalue weighted by atomic mass is 16.6. The van der Waals surface area contributed by atoms with E-state index in [0.29, 0.717) is 6.42 Å². The fourth-order valence-corrected chi connectivity index (χ4v) is 4.14. The topological polar surface area (TPSA) is 46.5 Å². The van der Waals surface area contributed by atoms with Crippen molar-refractivity contribution in [1.82, 2.24) is 0 Å². The zero-order chi connectivity index (χ0) is 19.7. The quantitative estimate of drug-likeness (QED) is 0.194. The van der Waals surface area contributed by atoms with Gasteiger partial charge in [0.1, 0.15) is 6.10 Å². The Hall–Kier alpha value is -0.570. The standard InChI is InChI=1S/C24H46O3/c1-3-5-7-9-11-12-13-14-16-18-21(25)20-23-22(24(26)27-23)19-17-15-10-8-6-4-2/h21-23,25H,3-20H2,1-2H3/t21-,22+,23+/m1/s1. The molecule has 0 radical (unpaired) electrons. The summed E-state index contributed by atoms with van der Waals surface area (Å²) in [6.07, 6.45) is 21.4. The molecule has 27 heavy (non-hydrogen) atoms. The molecule has 0 aliphatic carbocycles. The van der Waals surface area contributed by atoms with Crippen LogP contribution in [0.4, 0.5) is 0 Å². The van der Waals surface area contributed by atoms with Gasteiger partial charge in [0, 0.05) is 6.42 Å². The van der Waals surface area contributed by atoms with Gasteiger partial charge in [0.2, 0.25) is 0 Å². The Morgan fingerprint density at radius 1 is 0.778 bits per heavy atom. The van der Waals surface area contributed by atoms with Gasteiger partial charge in [-0.1, -0.05) is 110 Å². The molecule has 0 amide bonds. The summed E-state index contributed by atoms with van der Waals surface area (Å²) in [5, 5.41) is 10.3. The minimum absolute atomic E-state index is 0.0262. The van der Waals surface area contributed by atoms with Gasteiger partial charge >= 0.3 is 5.97 Å². The molecule has 1 aliphatic heterocycles. The Labute approximate surface area is 168 Å². The van der Waals surface area contributed by atoms with Crippen molar-refractivity contribution >= 4 is 5.97 Å². The molecule has 3 nitrogen and oxygen atoms in total.